The van der Waals surface area contributed by atoms with Gasteiger partial charge in [-0.15, -0.1) is 0 Å². The van der Waals surface area contributed by atoms with Crippen LogP contribution in [-0.4, -0.2) is 43.3 Å². The van der Waals surface area contributed by atoms with Gasteiger partial charge in [-0.05, 0) is 32.6 Å². The SMILES string of the molecule is C[C@H]1C=C[C@H]2C[C@H]3CCCCN3C(=O)N2[S@@]1=O. The van der Waals surface area contributed by atoms with Crippen molar-refractivity contribution in [3.8, 4) is 0 Å². The average Bonchev–Trinajstić information content (AvgIpc) is 2.34. The van der Waals surface area contributed by atoms with Crippen molar-refractivity contribution in [1.82, 2.24) is 9.21 Å². The summed E-state index contributed by atoms with van der Waals surface area (Å²) < 4.78 is 13.8. The number of piperidine rings is 1. The van der Waals surface area contributed by atoms with Gasteiger partial charge in [0.25, 0.3) is 0 Å². The summed E-state index contributed by atoms with van der Waals surface area (Å²) in [6.45, 7) is 2.74. The number of hydrogen-bond donors (Lipinski definition) is 0. The fourth-order valence-corrected chi connectivity index (χ4v) is 4.30. The van der Waals surface area contributed by atoms with E-state index in [1.165, 1.54) is 6.42 Å². The van der Waals surface area contributed by atoms with Crippen molar-refractivity contribution in [3.05, 3.63) is 12.2 Å². The molecule has 3 aliphatic heterocycles. The molecular formula is C12H18N2O2S. The number of rotatable bonds is 0. The van der Waals surface area contributed by atoms with Crippen LogP contribution in [0.15, 0.2) is 12.2 Å². The predicted octanol–water partition coefficient (Wildman–Crippen LogP) is 1.66. The number of amides is 2. The molecule has 3 rings (SSSR count). The Hall–Kier alpha value is -0.840. The maximum Gasteiger partial charge on any atom is 0.332 e. The second-order valence-corrected chi connectivity index (χ2v) is 6.81. The number of nitrogens with zero attached hydrogens (tertiary/aromatic N) is 2. The minimum absolute atomic E-state index is 0.0134. The zero-order valence-electron chi connectivity index (χ0n) is 10.0. The van der Waals surface area contributed by atoms with Crippen molar-refractivity contribution in [2.45, 2.75) is 49.9 Å². The molecule has 3 aliphatic rings. The van der Waals surface area contributed by atoms with Crippen LogP contribution < -0.4 is 0 Å². The monoisotopic (exact) mass is 254 g/mol. The molecule has 94 valence electrons. The predicted molar refractivity (Wildman–Crippen MR) is 66.7 cm³/mol. The standard InChI is InChI=1S/C12H18N2O2S/c1-9-5-6-11-8-10-4-2-3-7-13(10)12(15)14(11)17(9)16/h5-6,9-11H,2-4,7-8H2,1H3/t9-,10+,11-,17+/m0/s1. The molecule has 0 aromatic heterocycles. The molecular weight excluding hydrogens is 236 g/mol. The molecule has 0 unspecified atom stereocenters. The van der Waals surface area contributed by atoms with Gasteiger partial charge in [-0.3, -0.25) is 0 Å². The molecule has 2 amide bonds. The largest absolute Gasteiger partial charge is 0.332 e. The zero-order chi connectivity index (χ0) is 12.0. The number of fused-ring (bicyclic) bond motifs is 2. The van der Waals surface area contributed by atoms with Gasteiger partial charge in [0, 0.05) is 12.6 Å². The summed E-state index contributed by atoms with van der Waals surface area (Å²) in [5, 5.41) is -0.0449. The minimum atomic E-state index is -1.19. The van der Waals surface area contributed by atoms with E-state index in [0.717, 1.165) is 25.8 Å². The summed E-state index contributed by atoms with van der Waals surface area (Å²) in [6, 6.07) is 0.409. The van der Waals surface area contributed by atoms with Crippen molar-refractivity contribution >= 4 is 17.0 Å². The fourth-order valence-electron chi connectivity index (χ4n) is 3.04. The minimum Gasteiger partial charge on any atom is -0.321 e. The highest BCUT2D eigenvalue weighted by atomic mass is 32.2. The maximum absolute atomic E-state index is 12.4. The first-order valence-electron chi connectivity index (χ1n) is 6.37. The topological polar surface area (TPSA) is 40.6 Å². The maximum atomic E-state index is 12.4. The second-order valence-electron chi connectivity index (χ2n) is 5.12. The van der Waals surface area contributed by atoms with Gasteiger partial charge in [-0.1, -0.05) is 12.2 Å². The first-order valence-corrected chi connectivity index (χ1v) is 7.54. The van der Waals surface area contributed by atoms with E-state index in [-0.39, 0.29) is 17.3 Å². The molecule has 0 N–H and O–H groups in total. The van der Waals surface area contributed by atoms with E-state index in [4.69, 9.17) is 0 Å². The highest BCUT2D eigenvalue weighted by Gasteiger charge is 2.44. The normalized spacial score (nSPS) is 41.1. The lowest BCUT2D eigenvalue weighted by molar-refractivity contribution is 0.0926. The van der Waals surface area contributed by atoms with Gasteiger partial charge < -0.3 is 4.90 Å². The molecule has 5 heteroatoms. The van der Waals surface area contributed by atoms with Crippen LogP contribution in [0.3, 0.4) is 0 Å². The molecule has 3 heterocycles. The highest BCUT2D eigenvalue weighted by molar-refractivity contribution is 7.84. The van der Waals surface area contributed by atoms with Gasteiger partial charge >= 0.3 is 6.03 Å². The van der Waals surface area contributed by atoms with Gasteiger partial charge in [-0.25, -0.2) is 13.3 Å². The van der Waals surface area contributed by atoms with Crippen molar-refractivity contribution in [2.24, 2.45) is 0 Å². The molecule has 4 atom stereocenters. The Balaban J connectivity index is 1.91. The molecule has 4 nitrogen and oxygen atoms in total. The van der Waals surface area contributed by atoms with Crippen LogP contribution in [0.4, 0.5) is 4.79 Å². The number of carbonyl (C=O) groups is 1. The Bertz CT molecular complexity index is 396. The van der Waals surface area contributed by atoms with Crippen LogP contribution in [0, 0.1) is 0 Å². The van der Waals surface area contributed by atoms with E-state index >= 15 is 0 Å². The van der Waals surface area contributed by atoms with Crippen LogP contribution in [0.5, 0.6) is 0 Å². The summed E-state index contributed by atoms with van der Waals surface area (Å²) in [7, 11) is -1.19. The van der Waals surface area contributed by atoms with Gasteiger partial charge in [0.1, 0.15) is 11.0 Å². The summed E-state index contributed by atoms with van der Waals surface area (Å²) >= 11 is 0. The van der Waals surface area contributed by atoms with Gasteiger partial charge in [0.2, 0.25) is 0 Å². The molecule has 2 fully saturated rings. The molecule has 0 radical (unpaired) electrons. The lowest BCUT2D eigenvalue weighted by Crippen LogP contribution is -2.61. The first-order chi connectivity index (χ1) is 8.18. The van der Waals surface area contributed by atoms with Crippen LogP contribution in [0.1, 0.15) is 32.6 Å². The zero-order valence-corrected chi connectivity index (χ0v) is 10.9. The van der Waals surface area contributed by atoms with E-state index < -0.39 is 11.0 Å². The van der Waals surface area contributed by atoms with E-state index in [9.17, 15) is 9.00 Å². The lowest BCUT2D eigenvalue weighted by atomic mass is 9.93. The summed E-state index contributed by atoms with van der Waals surface area (Å²) in [5.41, 5.74) is 0. The quantitative estimate of drug-likeness (QED) is 0.617. The molecule has 17 heavy (non-hydrogen) atoms. The smallest absolute Gasteiger partial charge is 0.321 e. The third-order valence-electron chi connectivity index (χ3n) is 3.99. The molecule has 0 aromatic rings. The van der Waals surface area contributed by atoms with E-state index in [2.05, 4.69) is 6.08 Å². The summed E-state index contributed by atoms with van der Waals surface area (Å²) in [5.74, 6) is 0. The fraction of sp³-hybridized carbons (Fsp3) is 0.750. The van der Waals surface area contributed by atoms with Crippen molar-refractivity contribution in [1.29, 1.82) is 0 Å². The molecule has 0 bridgehead atoms. The highest BCUT2D eigenvalue weighted by Crippen LogP contribution is 2.33. The number of hydrogen-bond acceptors (Lipinski definition) is 2. The summed E-state index contributed by atoms with van der Waals surface area (Å²) in [6.07, 6.45) is 8.40. The summed E-state index contributed by atoms with van der Waals surface area (Å²) in [4.78, 5) is 14.3. The molecule has 0 saturated carbocycles. The molecule has 0 aromatic carbocycles. The van der Waals surface area contributed by atoms with Crippen LogP contribution in [-0.2, 0) is 11.0 Å². The Morgan fingerprint density at radius 1 is 1.35 bits per heavy atom. The Morgan fingerprint density at radius 3 is 3.00 bits per heavy atom. The first kappa shape index (κ1) is 11.3. The van der Waals surface area contributed by atoms with E-state index in [1.807, 2.05) is 17.9 Å². The third-order valence-corrected chi connectivity index (χ3v) is 5.60. The van der Waals surface area contributed by atoms with Gasteiger partial charge in [0.15, 0.2) is 0 Å². The van der Waals surface area contributed by atoms with E-state index in [0.29, 0.717) is 6.04 Å². The van der Waals surface area contributed by atoms with Crippen LogP contribution >= 0.6 is 0 Å². The number of carbonyl (C=O) groups excluding carboxylic acids is 1. The van der Waals surface area contributed by atoms with Crippen LogP contribution in [0.25, 0.3) is 0 Å². The van der Waals surface area contributed by atoms with E-state index in [1.54, 1.807) is 4.31 Å². The third kappa shape index (κ3) is 1.71. The number of urea groups is 1. The average molecular weight is 254 g/mol. The van der Waals surface area contributed by atoms with Crippen LogP contribution in [0.2, 0.25) is 0 Å². The van der Waals surface area contributed by atoms with Gasteiger partial charge in [0.05, 0.1) is 11.3 Å². The Labute approximate surface area is 104 Å². The second kappa shape index (κ2) is 4.12. The molecule has 2 saturated heterocycles. The van der Waals surface area contributed by atoms with Crippen molar-refractivity contribution in [3.63, 3.8) is 0 Å². The molecule has 0 aliphatic carbocycles. The Kier molecular flexibility index (Phi) is 2.73. The van der Waals surface area contributed by atoms with Crippen molar-refractivity contribution < 1.29 is 9.00 Å². The Morgan fingerprint density at radius 2 is 2.18 bits per heavy atom. The molecule has 0 spiro atoms. The lowest BCUT2D eigenvalue weighted by Gasteiger charge is -2.48. The van der Waals surface area contributed by atoms with Crippen molar-refractivity contribution in [2.75, 3.05) is 6.54 Å². The van der Waals surface area contributed by atoms with Gasteiger partial charge in [-0.2, -0.15) is 0 Å².